The minimum absolute atomic E-state index is 0.0721. The largest absolute Gasteiger partial charge is 0.488 e. The Morgan fingerprint density at radius 1 is 0.707 bits per heavy atom. The summed E-state index contributed by atoms with van der Waals surface area (Å²) in [6.07, 6.45) is 3.68. The molecular formula is C29H32Br4O8. The zero-order chi connectivity index (χ0) is 30.7. The van der Waals surface area contributed by atoms with Gasteiger partial charge in [-0.25, -0.2) is 9.59 Å². The molecule has 2 aromatic carbocycles. The van der Waals surface area contributed by atoms with Gasteiger partial charge in [0.25, 0.3) is 0 Å². The average molecular weight is 828 g/mol. The minimum atomic E-state index is -0.996. The molecule has 12 heteroatoms. The molecule has 0 bridgehead atoms. The van der Waals surface area contributed by atoms with E-state index in [4.69, 9.17) is 18.9 Å². The van der Waals surface area contributed by atoms with E-state index in [9.17, 15) is 19.8 Å². The van der Waals surface area contributed by atoms with E-state index in [1.165, 1.54) is 12.2 Å². The Kier molecular flexibility index (Phi) is 14.6. The smallest absolute Gasteiger partial charge is 0.330 e. The molecule has 0 saturated carbocycles. The molecule has 0 amide bonds. The topological polar surface area (TPSA) is 112 Å². The number of carbonyl (C=O) groups excluding carboxylic acids is 2. The summed E-state index contributed by atoms with van der Waals surface area (Å²) >= 11 is 14.3. The Morgan fingerprint density at radius 3 is 1.32 bits per heavy atom. The fourth-order valence-electron chi connectivity index (χ4n) is 3.46. The lowest BCUT2D eigenvalue weighted by Crippen LogP contribution is -2.25. The van der Waals surface area contributed by atoms with Gasteiger partial charge < -0.3 is 29.2 Å². The molecule has 0 saturated heterocycles. The number of esters is 2. The number of ether oxygens (including phenoxy) is 4. The molecule has 224 valence electrons. The van der Waals surface area contributed by atoms with E-state index in [0.29, 0.717) is 29.4 Å². The second kappa shape index (κ2) is 16.8. The van der Waals surface area contributed by atoms with Crippen LogP contribution in [0.4, 0.5) is 0 Å². The summed E-state index contributed by atoms with van der Waals surface area (Å²) in [7, 11) is 0. The first-order chi connectivity index (χ1) is 19.3. The number of hydrogen-bond acceptors (Lipinski definition) is 8. The van der Waals surface area contributed by atoms with Gasteiger partial charge in [0.05, 0.1) is 17.9 Å². The number of aliphatic hydroxyl groups excluding tert-OH is 2. The van der Waals surface area contributed by atoms with Crippen molar-refractivity contribution in [2.24, 2.45) is 0 Å². The zero-order valence-corrected chi connectivity index (χ0v) is 29.3. The van der Waals surface area contributed by atoms with Crippen LogP contribution >= 0.6 is 63.7 Å². The number of benzene rings is 2. The zero-order valence-electron chi connectivity index (χ0n) is 23.0. The highest BCUT2D eigenvalue weighted by Gasteiger charge is 2.28. The van der Waals surface area contributed by atoms with Gasteiger partial charge in [0.2, 0.25) is 0 Å². The van der Waals surface area contributed by atoms with E-state index in [0.717, 1.165) is 11.1 Å². The van der Waals surface area contributed by atoms with Crippen LogP contribution in [0.1, 0.15) is 38.8 Å². The maximum atomic E-state index is 11.4. The first-order valence-electron chi connectivity index (χ1n) is 12.5. The highest BCUT2D eigenvalue weighted by atomic mass is 79.9. The quantitative estimate of drug-likeness (QED) is 0.159. The predicted molar refractivity (Wildman–Crippen MR) is 170 cm³/mol. The van der Waals surface area contributed by atoms with Crippen LogP contribution in [0, 0.1) is 0 Å². The molecule has 0 aliphatic heterocycles. The van der Waals surface area contributed by atoms with Crippen LogP contribution in [0.2, 0.25) is 0 Å². The summed E-state index contributed by atoms with van der Waals surface area (Å²) in [6.45, 7) is 7.03. The summed E-state index contributed by atoms with van der Waals surface area (Å²) < 4.78 is 24.2. The maximum Gasteiger partial charge on any atom is 0.330 e. The van der Waals surface area contributed by atoms with Crippen molar-refractivity contribution in [3.63, 3.8) is 0 Å². The fourth-order valence-corrected chi connectivity index (χ4v) is 6.29. The first kappa shape index (κ1) is 35.5. The number of carbonyl (C=O) groups is 2. The summed E-state index contributed by atoms with van der Waals surface area (Å²) in [5.41, 5.74) is 1.47. The Balaban J connectivity index is 2.13. The van der Waals surface area contributed by atoms with Crippen LogP contribution in [0.25, 0.3) is 0 Å². The lowest BCUT2D eigenvalue weighted by atomic mass is 9.78. The maximum absolute atomic E-state index is 11.4. The predicted octanol–water partition coefficient (Wildman–Crippen LogP) is 6.78. The number of rotatable bonds is 14. The van der Waals surface area contributed by atoms with Crippen LogP contribution in [-0.4, -0.2) is 60.8 Å². The van der Waals surface area contributed by atoms with Crippen LogP contribution in [0.15, 0.2) is 66.5 Å². The summed E-state index contributed by atoms with van der Waals surface area (Å²) in [4.78, 5) is 22.9. The van der Waals surface area contributed by atoms with Crippen molar-refractivity contribution in [1.29, 1.82) is 0 Å². The Morgan fingerprint density at radius 2 is 1.02 bits per heavy atom. The van der Waals surface area contributed by atoms with E-state index in [-0.39, 0.29) is 26.4 Å². The molecule has 41 heavy (non-hydrogen) atoms. The standard InChI is InChI=1S/C29H32Br4O8/c1-5-7-25(36)38-13-19(34)15-40-27-21(30)9-17(10-22(27)31)29(3,4)18-11-23(32)28(24(33)12-18)41-16-20(35)14-39-26(37)8-6-2/h5-12,19-20,34-35H,13-16H2,1-4H3. The van der Waals surface area contributed by atoms with Gasteiger partial charge in [-0.15, -0.1) is 0 Å². The summed E-state index contributed by atoms with van der Waals surface area (Å²) in [5, 5.41) is 20.3. The summed E-state index contributed by atoms with van der Waals surface area (Å²) in [6, 6.07) is 7.76. The lowest BCUT2D eigenvalue weighted by molar-refractivity contribution is -0.142. The van der Waals surface area contributed by atoms with Crippen LogP contribution in [-0.2, 0) is 24.5 Å². The molecule has 0 aliphatic rings. The van der Waals surface area contributed by atoms with Gasteiger partial charge in [0.15, 0.2) is 0 Å². The molecule has 2 aromatic rings. The van der Waals surface area contributed by atoms with Gasteiger partial charge in [-0.2, -0.15) is 0 Å². The molecule has 0 spiro atoms. The Bertz CT molecular complexity index is 1130. The van der Waals surface area contributed by atoms with Crippen molar-refractivity contribution in [3.05, 3.63) is 77.6 Å². The molecule has 0 heterocycles. The lowest BCUT2D eigenvalue weighted by Gasteiger charge is -2.28. The second-order valence-corrected chi connectivity index (χ2v) is 12.8. The van der Waals surface area contributed by atoms with Gasteiger partial charge in [0.1, 0.15) is 50.1 Å². The molecule has 2 N–H and O–H groups in total. The third-order valence-electron chi connectivity index (χ3n) is 5.72. The average Bonchev–Trinajstić information content (AvgIpc) is 2.89. The minimum Gasteiger partial charge on any atom is -0.488 e. The summed E-state index contributed by atoms with van der Waals surface area (Å²) in [5.74, 6) is -0.0493. The van der Waals surface area contributed by atoms with Crippen molar-refractivity contribution in [3.8, 4) is 11.5 Å². The molecule has 0 aliphatic carbocycles. The highest BCUT2D eigenvalue weighted by Crippen LogP contribution is 2.44. The van der Waals surface area contributed by atoms with Crippen LogP contribution in [0.5, 0.6) is 11.5 Å². The molecule has 0 fully saturated rings. The van der Waals surface area contributed by atoms with Crippen LogP contribution in [0.3, 0.4) is 0 Å². The number of aliphatic hydroxyl groups is 2. The van der Waals surface area contributed by atoms with Crippen molar-refractivity contribution in [1.82, 2.24) is 0 Å². The number of halogens is 4. The van der Waals surface area contributed by atoms with Crippen molar-refractivity contribution < 1.29 is 38.7 Å². The molecule has 2 rings (SSSR count). The SMILES string of the molecule is CC=CC(=O)OCC(O)COc1c(Br)cc(C(C)(C)c2cc(Br)c(OCC(O)COC(=O)C=CC)c(Br)c2)cc1Br. The highest BCUT2D eigenvalue weighted by molar-refractivity contribution is 9.11. The van der Waals surface area contributed by atoms with E-state index in [1.54, 1.807) is 26.0 Å². The van der Waals surface area contributed by atoms with Gasteiger partial charge in [0, 0.05) is 17.6 Å². The fraction of sp³-hybridized carbons (Fsp3) is 0.379. The third kappa shape index (κ3) is 10.8. The Hall–Kier alpha value is -1.70. The molecule has 0 aromatic heterocycles. The first-order valence-corrected chi connectivity index (χ1v) is 15.7. The monoisotopic (exact) mass is 824 g/mol. The third-order valence-corrected chi connectivity index (χ3v) is 8.08. The van der Waals surface area contributed by atoms with Crippen molar-refractivity contribution in [2.45, 2.75) is 45.3 Å². The molecular weight excluding hydrogens is 796 g/mol. The van der Waals surface area contributed by atoms with Crippen molar-refractivity contribution in [2.75, 3.05) is 26.4 Å². The molecule has 2 unspecified atom stereocenters. The number of allylic oxidation sites excluding steroid dienone is 2. The molecule has 0 radical (unpaired) electrons. The Labute approximate surface area is 273 Å². The van der Waals surface area contributed by atoms with Crippen LogP contribution < -0.4 is 9.47 Å². The van der Waals surface area contributed by atoms with E-state index in [2.05, 4.69) is 77.6 Å². The van der Waals surface area contributed by atoms with Gasteiger partial charge in [-0.3, -0.25) is 0 Å². The number of hydrogen-bond donors (Lipinski definition) is 2. The normalized spacial score (nSPS) is 13.3. The van der Waals surface area contributed by atoms with Gasteiger partial charge in [-0.05, 0) is 113 Å². The van der Waals surface area contributed by atoms with E-state index >= 15 is 0 Å². The molecule has 8 nitrogen and oxygen atoms in total. The van der Waals surface area contributed by atoms with Crippen molar-refractivity contribution >= 4 is 75.7 Å². The molecule has 2 atom stereocenters. The van der Waals surface area contributed by atoms with E-state index in [1.807, 2.05) is 24.3 Å². The van der Waals surface area contributed by atoms with Gasteiger partial charge in [-0.1, -0.05) is 26.0 Å². The van der Waals surface area contributed by atoms with E-state index < -0.39 is 29.6 Å². The second-order valence-electron chi connectivity index (χ2n) is 9.35. The van der Waals surface area contributed by atoms with Gasteiger partial charge >= 0.3 is 11.9 Å².